The largest absolute Gasteiger partial charge is 0.538 e. The molecule has 0 aliphatic rings. The van der Waals surface area contributed by atoms with Crippen LogP contribution in [-0.2, 0) is 7.05 Å². The summed E-state index contributed by atoms with van der Waals surface area (Å²) in [4.78, 5) is 0. The average Bonchev–Trinajstić information content (AvgIpc) is 1.98. The van der Waals surface area contributed by atoms with Crippen LogP contribution in [0.1, 0.15) is 0 Å². The number of halogens is 1. The molecule has 1 aromatic rings. The second-order valence-corrected chi connectivity index (χ2v) is 2.03. The molecule has 1 heterocycles. The smallest absolute Gasteiger partial charge is 0.298 e. The lowest BCUT2D eigenvalue weighted by molar-refractivity contribution is -0.749. The van der Waals surface area contributed by atoms with Crippen molar-refractivity contribution in [2.75, 3.05) is 0 Å². The van der Waals surface area contributed by atoms with Crippen molar-refractivity contribution < 1.29 is 14.3 Å². The lowest BCUT2D eigenvalue weighted by Crippen LogP contribution is -2.30. The van der Waals surface area contributed by atoms with Gasteiger partial charge < -0.3 is 9.63 Å². The molecular formula is C3H3BrN2O2. The van der Waals surface area contributed by atoms with Crippen LogP contribution >= 0.6 is 15.9 Å². The summed E-state index contributed by atoms with van der Waals surface area (Å²) in [5.74, 6) is -0.451. The quantitative estimate of drug-likeness (QED) is 0.496. The molecule has 0 aromatic carbocycles. The molecule has 4 nitrogen and oxygen atoms in total. The van der Waals surface area contributed by atoms with Crippen LogP contribution in [-0.4, -0.2) is 5.27 Å². The minimum absolute atomic E-state index is 0.331. The highest BCUT2D eigenvalue weighted by Gasteiger charge is 2.05. The highest BCUT2D eigenvalue weighted by molar-refractivity contribution is 9.10. The van der Waals surface area contributed by atoms with Crippen molar-refractivity contribution >= 4 is 15.9 Å². The van der Waals surface area contributed by atoms with E-state index in [2.05, 4.69) is 25.7 Å². The molecule has 0 saturated heterocycles. The molecule has 5 heteroatoms. The Kier molecular flexibility index (Phi) is 1.21. The third-order valence-corrected chi connectivity index (χ3v) is 1.54. The van der Waals surface area contributed by atoms with Crippen LogP contribution in [0.2, 0.25) is 0 Å². The predicted octanol–water partition coefficient (Wildman–Crippen LogP) is -0.665. The topological polar surface area (TPSA) is 53.0 Å². The van der Waals surface area contributed by atoms with E-state index < -0.39 is 5.95 Å². The number of hydrogen-bond acceptors (Lipinski definition) is 3. The van der Waals surface area contributed by atoms with Crippen LogP contribution in [0, 0.1) is 0 Å². The number of rotatable bonds is 0. The summed E-state index contributed by atoms with van der Waals surface area (Å²) >= 11 is 2.94. The first-order chi connectivity index (χ1) is 3.72. The number of hydrogen-bond donors (Lipinski definition) is 0. The summed E-state index contributed by atoms with van der Waals surface area (Å²) in [5, 5.41) is 13.6. The van der Waals surface area contributed by atoms with Crippen LogP contribution in [0.25, 0.3) is 0 Å². The molecule has 0 unspecified atom stereocenters. The molecule has 0 atom stereocenters. The lowest BCUT2D eigenvalue weighted by atomic mass is 10.9. The third-order valence-electron chi connectivity index (χ3n) is 0.699. The van der Waals surface area contributed by atoms with Crippen molar-refractivity contribution in [1.82, 2.24) is 5.27 Å². The monoisotopic (exact) mass is 178 g/mol. The molecule has 0 amide bonds. The number of aromatic nitrogens is 2. The summed E-state index contributed by atoms with van der Waals surface area (Å²) < 4.78 is 5.84. The Hall–Kier alpha value is -0.580. The molecule has 8 heavy (non-hydrogen) atoms. The zero-order valence-electron chi connectivity index (χ0n) is 4.09. The minimum Gasteiger partial charge on any atom is -0.538 e. The van der Waals surface area contributed by atoms with Crippen molar-refractivity contribution in [2.45, 2.75) is 0 Å². The summed E-state index contributed by atoms with van der Waals surface area (Å²) in [6.07, 6.45) is 0. The van der Waals surface area contributed by atoms with Crippen molar-refractivity contribution in [2.24, 2.45) is 7.05 Å². The number of nitrogens with zero attached hydrogens (tertiary/aromatic N) is 2. The van der Waals surface area contributed by atoms with Crippen molar-refractivity contribution in [3.8, 4) is 5.95 Å². The van der Waals surface area contributed by atoms with E-state index in [0.29, 0.717) is 4.60 Å². The molecule has 0 radical (unpaired) electrons. The van der Waals surface area contributed by atoms with E-state index in [-0.39, 0.29) is 0 Å². The van der Waals surface area contributed by atoms with Crippen molar-refractivity contribution in [1.29, 1.82) is 0 Å². The summed E-state index contributed by atoms with van der Waals surface area (Å²) in [5.41, 5.74) is 0. The minimum atomic E-state index is -0.451. The lowest BCUT2D eigenvalue weighted by Gasteiger charge is -1.80. The maximum Gasteiger partial charge on any atom is 0.298 e. The number of aryl methyl sites for hydroxylation is 1. The Labute approximate surface area is 53.8 Å². The molecule has 0 aliphatic carbocycles. The highest BCUT2D eigenvalue weighted by atomic mass is 79.9. The molecule has 0 fully saturated rings. The van der Waals surface area contributed by atoms with E-state index in [4.69, 9.17) is 0 Å². The van der Waals surface area contributed by atoms with Gasteiger partial charge >= 0.3 is 0 Å². The Morgan fingerprint density at radius 3 is 2.62 bits per heavy atom. The van der Waals surface area contributed by atoms with E-state index in [0.717, 1.165) is 0 Å². The van der Waals surface area contributed by atoms with Gasteiger partial charge in [0.1, 0.15) is 0 Å². The van der Waals surface area contributed by atoms with Gasteiger partial charge in [-0.15, -0.1) is 0 Å². The van der Waals surface area contributed by atoms with Gasteiger partial charge in [-0.2, -0.15) is 0 Å². The first kappa shape index (κ1) is 5.55. The van der Waals surface area contributed by atoms with Crippen molar-refractivity contribution in [3.63, 3.8) is 0 Å². The van der Waals surface area contributed by atoms with Gasteiger partial charge in [0, 0.05) is 15.9 Å². The Bertz CT molecular complexity index is 178. The van der Waals surface area contributed by atoms with E-state index in [1.807, 2.05) is 0 Å². The molecule has 0 aliphatic heterocycles. The first-order valence-electron chi connectivity index (χ1n) is 1.90. The fourth-order valence-corrected chi connectivity index (χ4v) is 0.441. The molecular weight excluding hydrogens is 176 g/mol. The fraction of sp³-hybridized carbons (Fsp3) is 0.333. The normalized spacial score (nSPS) is 9.75. The summed E-state index contributed by atoms with van der Waals surface area (Å²) in [6.45, 7) is 0. The summed E-state index contributed by atoms with van der Waals surface area (Å²) in [6, 6.07) is 0. The average molecular weight is 179 g/mol. The zero-order valence-corrected chi connectivity index (χ0v) is 5.67. The van der Waals surface area contributed by atoms with Crippen molar-refractivity contribution in [3.05, 3.63) is 4.60 Å². The van der Waals surface area contributed by atoms with Gasteiger partial charge in [0.2, 0.25) is 0 Å². The van der Waals surface area contributed by atoms with E-state index in [1.165, 1.54) is 4.68 Å². The highest BCUT2D eigenvalue weighted by Crippen LogP contribution is 2.12. The maximum absolute atomic E-state index is 10.3. The second kappa shape index (κ2) is 1.74. The molecule has 1 aromatic heterocycles. The molecule has 0 spiro atoms. The second-order valence-electron chi connectivity index (χ2n) is 1.27. The van der Waals surface area contributed by atoms with Crippen LogP contribution in [0.15, 0.2) is 9.13 Å². The van der Waals surface area contributed by atoms with Gasteiger partial charge in [0.05, 0.1) is 5.27 Å². The third kappa shape index (κ3) is 0.686. The zero-order chi connectivity index (χ0) is 6.15. The van der Waals surface area contributed by atoms with E-state index in [9.17, 15) is 5.11 Å². The standard InChI is InChI=1S/C3H3BrN2O2/c1-6-2(4)3(7)8-5-6/h1H3. The molecule has 0 bridgehead atoms. The molecule has 1 rings (SSSR count). The van der Waals surface area contributed by atoms with Gasteiger partial charge in [0.15, 0.2) is 13.0 Å². The molecule has 0 saturated carbocycles. The molecule has 0 N–H and O–H groups in total. The Balaban J connectivity index is 3.19. The Morgan fingerprint density at radius 2 is 2.50 bits per heavy atom. The van der Waals surface area contributed by atoms with Gasteiger partial charge in [-0.3, -0.25) is 0 Å². The van der Waals surface area contributed by atoms with Crippen LogP contribution < -0.4 is 9.79 Å². The maximum atomic E-state index is 10.3. The predicted molar refractivity (Wildman–Crippen MR) is 24.8 cm³/mol. The molecule has 44 valence electrons. The van der Waals surface area contributed by atoms with E-state index >= 15 is 0 Å². The fourth-order valence-electron chi connectivity index (χ4n) is 0.304. The van der Waals surface area contributed by atoms with Gasteiger partial charge in [-0.25, -0.2) is 0 Å². The summed E-state index contributed by atoms with van der Waals surface area (Å²) in [7, 11) is 1.61. The van der Waals surface area contributed by atoms with Crippen LogP contribution in [0.3, 0.4) is 0 Å². The van der Waals surface area contributed by atoms with Crippen LogP contribution in [0.4, 0.5) is 0 Å². The van der Waals surface area contributed by atoms with Gasteiger partial charge in [0.25, 0.3) is 4.60 Å². The van der Waals surface area contributed by atoms with Gasteiger partial charge in [-0.1, -0.05) is 4.68 Å². The first-order valence-corrected chi connectivity index (χ1v) is 2.69. The van der Waals surface area contributed by atoms with E-state index in [1.54, 1.807) is 7.05 Å². The Morgan fingerprint density at radius 1 is 1.88 bits per heavy atom. The van der Waals surface area contributed by atoms with Crippen LogP contribution in [0.5, 0.6) is 5.95 Å². The SMILES string of the molecule is C[n+]1noc([O-])c1Br. The van der Waals surface area contributed by atoms with Gasteiger partial charge in [-0.05, 0) is 0 Å².